The van der Waals surface area contributed by atoms with E-state index >= 15 is 0 Å². The van der Waals surface area contributed by atoms with Crippen LogP contribution in [0.25, 0.3) is 11.3 Å². The third kappa shape index (κ3) is 3.34. The van der Waals surface area contributed by atoms with Crippen LogP contribution in [-0.4, -0.2) is 34.9 Å². The Morgan fingerprint density at radius 1 is 1.29 bits per heavy atom. The minimum Gasteiger partial charge on any atom is -0.347 e. The summed E-state index contributed by atoms with van der Waals surface area (Å²) in [6.07, 6.45) is 4.44. The van der Waals surface area contributed by atoms with E-state index in [2.05, 4.69) is 22.6 Å². The van der Waals surface area contributed by atoms with Crippen molar-refractivity contribution in [2.75, 3.05) is 13.1 Å². The van der Waals surface area contributed by atoms with Gasteiger partial charge in [-0.3, -0.25) is 9.78 Å². The molecule has 6 heteroatoms. The smallest absolute Gasteiger partial charge is 0.251 e. The summed E-state index contributed by atoms with van der Waals surface area (Å²) in [7, 11) is 0. The van der Waals surface area contributed by atoms with Crippen LogP contribution in [0.5, 0.6) is 0 Å². The minimum absolute atomic E-state index is 0.0179. The van der Waals surface area contributed by atoms with E-state index < -0.39 is 0 Å². The maximum absolute atomic E-state index is 12.4. The first-order valence-corrected chi connectivity index (χ1v) is 7.62. The van der Waals surface area contributed by atoms with Crippen molar-refractivity contribution < 1.29 is 4.79 Å². The molecule has 0 saturated carbocycles. The number of carbonyl (C=O) groups excluding carboxylic acids is 1. The first kappa shape index (κ1) is 15.5. The highest BCUT2D eigenvalue weighted by molar-refractivity contribution is 5.95. The fourth-order valence-electron chi connectivity index (χ4n) is 2.72. The third-order valence-corrected chi connectivity index (χ3v) is 3.97. The van der Waals surface area contributed by atoms with Gasteiger partial charge in [0.05, 0.1) is 17.3 Å². The predicted octanol–water partition coefficient (Wildman–Crippen LogP) is 1.91. The molecule has 2 heterocycles. The molecule has 1 aromatic carbocycles. The number of hydrogen-bond donors (Lipinski definition) is 1. The SMILES string of the molecule is N#Cc1cccc(-c2cc(C(=O)NC3CCN(C#N)C3)ccn2)c1. The van der Waals surface area contributed by atoms with E-state index in [1.54, 1.807) is 41.4 Å². The van der Waals surface area contributed by atoms with Crippen molar-refractivity contribution >= 4 is 5.91 Å². The molecule has 1 saturated heterocycles. The van der Waals surface area contributed by atoms with Crippen LogP contribution in [0, 0.1) is 22.8 Å². The zero-order valence-corrected chi connectivity index (χ0v) is 12.9. The lowest BCUT2D eigenvalue weighted by molar-refractivity contribution is 0.0938. The quantitative estimate of drug-likeness (QED) is 0.873. The van der Waals surface area contributed by atoms with Gasteiger partial charge in [0.1, 0.15) is 0 Å². The normalized spacial score (nSPS) is 16.2. The molecule has 1 N–H and O–H groups in total. The van der Waals surface area contributed by atoms with Crippen LogP contribution in [0.15, 0.2) is 42.6 Å². The summed E-state index contributed by atoms with van der Waals surface area (Å²) in [5.74, 6) is -0.181. The average molecular weight is 317 g/mol. The molecule has 1 unspecified atom stereocenters. The number of carbonyl (C=O) groups is 1. The number of hydrogen-bond acceptors (Lipinski definition) is 5. The highest BCUT2D eigenvalue weighted by atomic mass is 16.1. The minimum atomic E-state index is -0.181. The maximum Gasteiger partial charge on any atom is 0.251 e. The molecule has 0 radical (unpaired) electrons. The van der Waals surface area contributed by atoms with E-state index in [9.17, 15) is 4.79 Å². The first-order chi connectivity index (χ1) is 11.7. The zero-order valence-electron chi connectivity index (χ0n) is 12.9. The van der Waals surface area contributed by atoms with Gasteiger partial charge in [-0.1, -0.05) is 12.1 Å². The van der Waals surface area contributed by atoms with Crippen LogP contribution >= 0.6 is 0 Å². The largest absolute Gasteiger partial charge is 0.347 e. The van der Waals surface area contributed by atoms with E-state index in [0.717, 1.165) is 12.0 Å². The molecule has 1 aliphatic rings. The van der Waals surface area contributed by atoms with E-state index in [-0.39, 0.29) is 11.9 Å². The Hall–Kier alpha value is -3.38. The van der Waals surface area contributed by atoms with Crippen molar-refractivity contribution in [2.24, 2.45) is 0 Å². The highest BCUT2D eigenvalue weighted by Crippen LogP contribution is 2.19. The monoisotopic (exact) mass is 317 g/mol. The Kier molecular flexibility index (Phi) is 4.40. The van der Waals surface area contributed by atoms with Gasteiger partial charge in [-0.05, 0) is 30.7 Å². The standard InChI is InChI=1S/C18H15N5O/c19-10-13-2-1-3-14(8-13)17-9-15(4-6-21-17)18(24)22-16-5-7-23(11-16)12-20/h1-4,6,8-9,16H,5,7,11H2,(H,22,24). The molecule has 6 nitrogen and oxygen atoms in total. The Balaban J connectivity index is 1.77. The summed E-state index contributed by atoms with van der Waals surface area (Å²) < 4.78 is 0. The number of nitrogens with one attached hydrogen (secondary N) is 1. The van der Waals surface area contributed by atoms with Gasteiger partial charge in [0, 0.05) is 36.5 Å². The van der Waals surface area contributed by atoms with Gasteiger partial charge < -0.3 is 10.2 Å². The summed E-state index contributed by atoms with van der Waals surface area (Å²) in [6, 6.07) is 12.6. The van der Waals surface area contributed by atoms with Crippen LogP contribution in [0.2, 0.25) is 0 Å². The summed E-state index contributed by atoms with van der Waals surface area (Å²) in [4.78, 5) is 18.3. The second-order valence-electron chi connectivity index (χ2n) is 5.63. The number of nitriles is 2. The molecular formula is C18H15N5O. The second-order valence-corrected chi connectivity index (χ2v) is 5.63. The number of amides is 1. The molecule has 1 atom stereocenters. The number of benzene rings is 1. The van der Waals surface area contributed by atoms with Gasteiger partial charge in [-0.15, -0.1) is 0 Å². The van der Waals surface area contributed by atoms with Gasteiger partial charge in [0.25, 0.3) is 5.91 Å². The molecule has 118 valence electrons. The molecule has 1 aromatic heterocycles. The lowest BCUT2D eigenvalue weighted by Gasteiger charge is -2.12. The molecule has 24 heavy (non-hydrogen) atoms. The van der Waals surface area contributed by atoms with Crippen LogP contribution in [0.3, 0.4) is 0 Å². The fourth-order valence-corrected chi connectivity index (χ4v) is 2.72. The third-order valence-electron chi connectivity index (χ3n) is 3.97. The molecule has 3 rings (SSSR count). The summed E-state index contributed by atoms with van der Waals surface area (Å²) in [5.41, 5.74) is 2.49. The van der Waals surface area contributed by atoms with Gasteiger partial charge in [0.15, 0.2) is 6.19 Å². The van der Waals surface area contributed by atoms with Gasteiger partial charge in [-0.2, -0.15) is 10.5 Å². The average Bonchev–Trinajstić information content (AvgIpc) is 3.09. The number of rotatable bonds is 3. The molecule has 1 aliphatic heterocycles. The predicted molar refractivity (Wildman–Crippen MR) is 87.4 cm³/mol. The van der Waals surface area contributed by atoms with Crippen molar-refractivity contribution in [1.82, 2.24) is 15.2 Å². The van der Waals surface area contributed by atoms with Gasteiger partial charge in [-0.25, -0.2) is 0 Å². The number of likely N-dealkylation sites (tertiary alicyclic amines) is 1. The lowest BCUT2D eigenvalue weighted by atomic mass is 10.1. The van der Waals surface area contributed by atoms with Crippen LogP contribution < -0.4 is 5.32 Å². The van der Waals surface area contributed by atoms with E-state index in [1.807, 2.05) is 6.07 Å². The van der Waals surface area contributed by atoms with Gasteiger partial charge >= 0.3 is 0 Å². The van der Waals surface area contributed by atoms with Gasteiger partial charge in [0.2, 0.25) is 0 Å². The maximum atomic E-state index is 12.4. The topological polar surface area (TPSA) is 92.8 Å². The molecule has 2 aromatic rings. The van der Waals surface area contributed by atoms with Crippen molar-refractivity contribution in [1.29, 1.82) is 10.5 Å². The number of pyridine rings is 1. The van der Waals surface area contributed by atoms with Crippen molar-refractivity contribution in [2.45, 2.75) is 12.5 Å². The molecule has 1 fully saturated rings. The molecular weight excluding hydrogens is 302 g/mol. The molecule has 0 bridgehead atoms. The summed E-state index contributed by atoms with van der Waals surface area (Å²) in [5, 5.41) is 20.8. The number of nitrogens with zero attached hydrogens (tertiary/aromatic N) is 4. The number of aromatic nitrogens is 1. The van der Waals surface area contributed by atoms with Crippen LogP contribution in [-0.2, 0) is 0 Å². The highest BCUT2D eigenvalue weighted by Gasteiger charge is 2.23. The Bertz CT molecular complexity index is 849. The van der Waals surface area contributed by atoms with E-state index in [4.69, 9.17) is 10.5 Å². The Morgan fingerprint density at radius 2 is 2.17 bits per heavy atom. The molecule has 1 amide bonds. The van der Waals surface area contributed by atoms with E-state index in [1.165, 1.54) is 0 Å². The first-order valence-electron chi connectivity index (χ1n) is 7.62. The summed E-state index contributed by atoms with van der Waals surface area (Å²) in [6.45, 7) is 1.22. The Labute approximate surface area is 140 Å². The van der Waals surface area contributed by atoms with Crippen LogP contribution in [0.4, 0.5) is 0 Å². The fraction of sp³-hybridized carbons (Fsp3) is 0.222. The van der Waals surface area contributed by atoms with Crippen molar-refractivity contribution in [3.63, 3.8) is 0 Å². The zero-order chi connectivity index (χ0) is 16.9. The second kappa shape index (κ2) is 6.80. The molecule has 0 aliphatic carbocycles. The van der Waals surface area contributed by atoms with Crippen LogP contribution in [0.1, 0.15) is 22.3 Å². The molecule has 0 spiro atoms. The Morgan fingerprint density at radius 3 is 2.92 bits per heavy atom. The summed E-state index contributed by atoms with van der Waals surface area (Å²) >= 11 is 0. The van der Waals surface area contributed by atoms with Crippen molar-refractivity contribution in [3.8, 4) is 23.5 Å². The van der Waals surface area contributed by atoms with Crippen molar-refractivity contribution in [3.05, 3.63) is 53.7 Å². The van der Waals surface area contributed by atoms with E-state index in [0.29, 0.717) is 29.9 Å². The lowest BCUT2D eigenvalue weighted by Crippen LogP contribution is -2.36.